The van der Waals surface area contributed by atoms with Crippen LogP contribution in [0.25, 0.3) is 0 Å². The summed E-state index contributed by atoms with van der Waals surface area (Å²) in [5.74, 6) is -1.26. The first-order valence-corrected chi connectivity index (χ1v) is 4.99. The Bertz CT molecular complexity index is 425. The fourth-order valence-corrected chi connectivity index (χ4v) is 0.966. The highest BCUT2D eigenvalue weighted by Crippen LogP contribution is 2.15. The zero-order valence-corrected chi connectivity index (χ0v) is 9.71. The Hall–Kier alpha value is -2.05. The molecular formula is C10H15N3O4. The fourth-order valence-electron chi connectivity index (χ4n) is 0.966. The van der Waals surface area contributed by atoms with Crippen molar-refractivity contribution in [2.24, 2.45) is 5.41 Å². The van der Waals surface area contributed by atoms with Gasteiger partial charge in [0.05, 0.1) is 5.41 Å². The van der Waals surface area contributed by atoms with Crippen LogP contribution in [-0.2, 0) is 20.9 Å². The van der Waals surface area contributed by atoms with Gasteiger partial charge in [-0.2, -0.15) is 5.10 Å². The highest BCUT2D eigenvalue weighted by Gasteiger charge is 2.29. The zero-order valence-electron chi connectivity index (χ0n) is 9.71. The highest BCUT2D eigenvalue weighted by molar-refractivity contribution is 5.75. The van der Waals surface area contributed by atoms with Gasteiger partial charge in [-0.3, -0.25) is 14.3 Å². The van der Waals surface area contributed by atoms with Crippen molar-refractivity contribution in [3.05, 3.63) is 12.3 Å². The molecule has 7 heteroatoms. The lowest BCUT2D eigenvalue weighted by Gasteiger charge is -2.18. The number of aromatic nitrogens is 2. The number of aliphatic carboxylic acids is 1. The molecule has 0 atom stereocenters. The Morgan fingerprint density at radius 1 is 1.59 bits per heavy atom. The van der Waals surface area contributed by atoms with E-state index in [9.17, 15) is 9.59 Å². The molecule has 0 radical (unpaired) electrons. The summed E-state index contributed by atoms with van der Waals surface area (Å²) < 4.78 is 6.18. The van der Waals surface area contributed by atoms with E-state index in [1.165, 1.54) is 18.5 Å². The van der Waals surface area contributed by atoms with E-state index in [0.29, 0.717) is 5.82 Å². The number of ether oxygens (including phenoxy) is 1. The maximum Gasteiger partial charge on any atom is 0.327 e. The van der Waals surface area contributed by atoms with Crippen LogP contribution < -0.4 is 5.73 Å². The van der Waals surface area contributed by atoms with Crippen LogP contribution in [0, 0.1) is 5.41 Å². The largest absolute Gasteiger partial charge is 0.481 e. The number of carbonyl (C=O) groups is 2. The highest BCUT2D eigenvalue weighted by atomic mass is 16.5. The molecule has 1 rings (SSSR count). The molecule has 0 spiro atoms. The summed E-state index contributed by atoms with van der Waals surface area (Å²) in [6, 6.07) is 1.55. The molecule has 94 valence electrons. The van der Waals surface area contributed by atoms with Gasteiger partial charge in [0.25, 0.3) is 0 Å². The maximum atomic E-state index is 11.4. The van der Waals surface area contributed by atoms with Gasteiger partial charge in [0, 0.05) is 6.20 Å². The topological polar surface area (TPSA) is 107 Å². The third-order valence-corrected chi connectivity index (χ3v) is 2.13. The second-order valence-corrected chi connectivity index (χ2v) is 4.29. The summed E-state index contributed by atoms with van der Waals surface area (Å²) in [5.41, 5.74) is 4.28. The first-order valence-electron chi connectivity index (χ1n) is 4.99. The second kappa shape index (κ2) is 4.86. The lowest BCUT2D eigenvalue weighted by Crippen LogP contribution is -2.31. The number of nitrogen functional groups attached to an aromatic ring is 1. The summed E-state index contributed by atoms with van der Waals surface area (Å²) >= 11 is 0. The molecule has 0 saturated heterocycles. The van der Waals surface area contributed by atoms with Crippen molar-refractivity contribution in [1.29, 1.82) is 0 Å². The van der Waals surface area contributed by atoms with E-state index < -0.39 is 17.4 Å². The van der Waals surface area contributed by atoms with Crippen molar-refractivity contribution >= 4 is 17.8 Å². The van der Waals surface area contributed by atoms with Gasteiger partial charge in [-0.05, 0) is 19.9 Å². The molecule has 0 unspecified atom stereocenters. The first kappa shape index (κ1) is 13.0. The molecule has 0 aliphatic carbocycles. The van der Waals surface area contributed by atoms with E-state index in [2.05, 4.69) is 5.10 Å². The fraction of sp³-hybridized carbons (Fsp3) is 0.500. The lowest BCUT2D eigenvalue weighted by molar-refractivity contribution is -0.157. The summed E-state index contributed by atoms with van der Waals surface area (Å²) in [6.07, 6.45) is 1.54. The zero-order chi connectivity index (χ0) is 13.1. The summed E-state index contributed by atoms with van der Waals surface area (Å²) in [7, 11) is 0. The second-order valence-electron chi connectivity index (χ2n) is 4.29. The van der Waals surface area contributed by atoms with Crippen molar-refractivity contribution in [2.45, 2.75) is 20.4 Å². The van der Waals surface area contributed by atoms with E-state index in [1.54, 1.807) is 12.3 Å². The average Bonchev–Trinajstić information content (AvgIpc) is 2.61. The van der Waals surface area contributed by atoms with Crippen molar-refractivity contribution in [1.82, 2.24) is 9.78 Å². The standard InChI is InChI=1S/C10H15N3O4/c1-10(2,9(15)16)6-17-8(14)5-13-4-3-7(11)12-13/h3-4H,5-6H2,1-2H3,(H2,11,12)(H,15,16). The quantitative estimate of drug-likeness (QED) is 0.709. The van der Waals surface area contributed by atoms with Crippen LogP contribution in [0.5, 0.6) is 0 Å². The molecule has 0 saturated carbocycles. The van der Waals surface area contributed by atoms with E-state index >= 15 is 0 Å². The third kappa shape index (κ3) is 3.78. The monoisotopic (exact) mass is 241 g/mol. The Morgan fingerprint density at radius 3 is 2.71 bits per heavy atom. The van der Waals surface area contributed by atoms with Crippen LogP contribution in [0.4, 0.5) is 5.82 Å². The predicted molar refractivity (Wildman–Crippen MR) is 59.0 cm³/mol. The van der Waals surface area contributed by atoms with Crippen LogP contribution in [-0.4, -0.2) is 33.4 Å². The number of hydrogen-bond acceptors (Lipinski definition) is 5. The molecule has 0 fully saturated rings. The van der Waals surface area contributed by atoms with Crippen LogP contribution in [0.15, 0.2) is 12.3 Å². The van der Waals surface area contributed by atoms with Gasteiger partial charge in [0.1, 0.15) is 19.0 Å². The van der Waals surface area contributed by atoms with Gasteiger partial charge in [-0.1, -0.05) is 0 Å². The van der Waals surface area contributed by atoms with Crippen molar-refractivity contribution in [2.75, 3.05) is 12.3 Å². The molecule has 0 amide bonds. The minimum absolute atomic E-state index is 0.0904. The molecule has 1 heterocycles. The first-order chi connectivity index (χ1) is 7.81. The molecular weight excluding hydrogens is 226 g/mol. The molecule has 0 aliphatic heterocycles. The minimum atomic E-state index is -1.10. The summed E-state index contributed by atoms with van der Waals surface area (Å²) in [6.45, 7) is 2.69. The third-order valence-electron chi connectivity index (χ3n) is 2.13. The molecule has 17 heavy (non-hydrogen) atoms. The average molecular weight is 241 g/mol. The number of carboxylic acids is 1. The smallest absolute Gasteiger partial charge is 0.327 e. The maximum absolute atomic E-state index is 11.4. The Morgan fingerprint density at radius 2 is 2.24 bits per heavy atom. The number of esters is 1. The van der Waals surface area contributed by atoms with Crippen molar-refractivity contribution < 1.29 is 19.4 Å². The van der Waals surface area contributed by atoms with Crippen LogP contribution in [0.2, 0.25) is 0 Å². The normalized spacial score (nSPS) is 11.2. The van der Waals surface area contributed by atoms with Crippen LogP contribution in [0.3, 0.4) is 0 Å². The van der Waals surface area contributed by atoms with E-state index in [4.69, 9.17) is 15.6 Å². The number of nitrogens with two attached hydrogens (primary N) is 1. The van der Waals surface area contributed by atoms with Gasteiger partial charge >= 0.3 is 11.9 Å². The molecule has 0 aromatic carbocycles. The number of carbonyl (C=O) groups excluding carboxylic acids is 1. The number of nitrogens with zero attached hydrogens (tertiary/aromatic N) is 2. The van der Waals surface area contributed by atoms with Gasteiger partial charge in [0.15, 0.2) is 0 Å². The molecule has 1 aromatic rings. The number of carboxylic acid groups (broad SMARTS) is 1. The number of rotatable bonds is 5. The summed E-state index contributed by atoms with van der Waals surface area (Å²) in [5, 5.41) is 12.6. The predicted octanol–water partition coefficient (Wildman–Crippen LogP) is 0.119. The van der Waals surface area contributed by atoms with Crippen molar-refractivity contribution in [3.63, 3.8) is 0 Å². The molecule has 1 aromatic heterocycles. The number of hydrogen-bond donors (Lipinski definition) is 2. The van der Waals surface area contributed by atoms with E-state index in [1.807, 2.05) is 0 Å². The van der Waals surface area contributed by atoms with Crippen LogP contribution >= 0.6 is 0 Å². The van der Waals surface area contributed by atoms with Gasteiger partial charge in [0.2, 0.25) is 0 Å². The molecule has 3 N–H and O–H groups in total. The molecule has 7 nitrogen and oxygen atoms in total. The van der Waals surface area contributed by atoms with Gasteiger partial charge < -0.3 is 15.6 Å². The van der Waals surface area contributed by atoms with Gasteiger partial charge in [-0.25, -0.2) is 0 Å². The van der Waals surface area contributed by atoms with E-state index in [0.717, 1.165) is 0 Å². The molecule has 0 bridgehead atoms. The van der Waals surface area contributed by atoms with Crippen molar-refractivity contribution in [3.8, 4) is 0 Å². The Kier molecular flexibility index (Phi) is 3.72. The summed E-state index contributed by atoms with van der Waals surface area (Å²) in [4.78, 5) is 22.1. The Balaban J connectivity index is 2.43. The van der Waals surface area contributed by atoms with Gasteiger partial charge in [-0.15, -0.1) is 0 Å². The SMILES string of the molecule is CC(C)(COC(=O)Cn1ccc(N)n1)C(=O)O. The van der Waals surface area contributed by atoms with E-state index in [-0.39, 0.29) is 13.2 Å². The molecule has 0 aliphatic rings. The minimum Gasteiger partial charge on any atom is -0.481 e. The Labute approximate surface area is 98.2 Å². The number of anilines is 1. The lowest BCUT2D eigenvalue weighted by atomic mass is 9.95. The van der Waals surface area contributed by atoms with Crippen LogP contribution in [0.1, 0.15) is 13.8 Å².